The summed E-state index contributed by atoms with van der Waals surface area (Å²) in [5.41, 5.74) is 6.42. The summed E-state index contributed by atoms with van der Waals surface area (Å²) in [5.74, 6) is -0.671. The summed E-state index contributed by atoms with van der Waals surface area (Å²) in [7, 11) is 0. The molecule has 0 unspecified atom stereocenters. The molecule has 0 aliphatic heterocycles. The number of hydrogen-bond acceptors (Lipinski definition) is 6. The molecule has 4 rings (SSSR count). The van der Waals surface area contributed by atoms with Crippen molar-refractivity contribution >= 4 is 34.1 Å². The molecule has 3 N–H and O–H groups in total. The molecular formula is C20H16ClN5O3. The third kappa shape index (κ3) is 3.34. The molecule has 9 heteroatoms. The van der Waals surface area contributed by atoms with Crippen LogP contribution in [0.4, 0.5) is 5.82 Å². The van der Waals surface area contributed by atoms with Gasteiger partial charge in [-0.1, -0.05) is 41.9 Å². The fraction of sp³-hybridized carbons (Fsp3) is 0.100. The van der Waals surface area contributed by atoms with E-state index in [2.05, 4.69) is 20.3 Å². The molecule has 2 aromatic heterocycles. The summed E-state index contributed by atoms with van der Waals surface area (Å²) < 4.78 is 6.01. The van der Waals surface area contributed by atoms with Crippen molar-refractivity contribution in [2.45, 2.75) is 13.0 Å². The maximum atomic E-state index is 13.4. The molecule has 2 aromatic carbocycles. The fourth-order valence-corrected chi connectivity index (χ4v) is 3.46. The number of carbonyl (C=O) groups excluding carboxylic acids is 1. The van der Waals surface area contributed by atoms with E-state index in [1.807, 2.05) is 36.4 Å². The van der Waals surface area contributed by atoms with Crippen molar-refractivity contribution in [1.29, 1.82) is 0 Å². The molecule has 0 aliphatic rings. The Labute approximate surface area is 169 Å². The lowest BCUT2D eigenvalue weighted by atomic mass is 10.1. The van der Waals surface area contributed by atoms with Gasteiger partial charge in [0.25, 0.3) is 11.5 Å². The summed E-state index contributed by atoms with van der Waals surface area (Å²) in [6.07, 6.45) is 0. The summed E-state index contributed by atoms with van der Waals surface area (Å²) >= 11 is 6.30. The van der Waals surface area contributed by atoms with Crippen molar-refractivity contribution in [2.75, 3.05) is 5.73 Å². The number of halogens is 1. The Bertz CT molecular complexity index is 1270. The van der Waals surface area contributed by atoms with Crippen molar-refractivity contribution in [3.05, 3.63) is 81.4 Å². The predicted octanol–water partition coefficient (Wildman–Crippen LogP) is 3.10. The maximum absolute atomic E-state index is 13.4. The summed E-state index contributed by atoms with van der Waals surface area (Å²) in [4.78, 5) is 25.9. The Balaban J connectivity index is 1.88. The molecule has 1 atom stereocenters. The van der Waals surface area contributed by atoms with Crippen LogP contribution in [0.3, 0.4) is 0 Å². The number of rotatable bonds is 4. The van der Waals surface area contributed by atoms with Gasteiger partial charge in [-0.3, -0.25) is 14.2 Å². The van der Waals surface area contributed by atoms with E-state index < -0.39 is 11.9 Å². The average Bonchev–Trinajstić information content (AvgIpc) is 3.14. The van der Waals surface area contributed by atoms with Gasteiger partial charge in [0.2, 0.25) is 11.5 Å². The Kier molecular flexibility index (Phi) is 4.77. The molecule has 2 heterocycles. The van der Waals surface area contributed by atoms with E-state index in [-0.39, 0.29) is 17.1 Å². The molecule has 146 valence electrons. The lowest BCUT2D eigenvalue weighted by Gasteiger charge is -2.21. The van der Waals surface area contributed by atoms with E-state index in [1.165, 1.54) is 4.57 Å². The number of amides is 1. The highest BCUT2D eigenvalue weighted by molar-refractivity contribution is 6.35. The molecule has 8 nitrogen and oxygen atoms in total. The van der Waals surface area contributed by atoms with Gasteiger partial charge in [-0.15, -0.1) is 0 Å². The van der Waals surface area contributed by atoms with Gasteiger partial charge in [0.15, 0.2) is 0 Å². The lowest BCUT2D eigenvalue weighted by molar-refractivity contribution is 0.0929. The van der Waals surface area contributed by atoms with Crippen LogP contribution in [0.25, 0.3) is 16.5 Å². The molecule has 4 aromatic rings. The molecule has 29 heavy (non-hydrogen) atoms. The quantitative estimate of drug-likeness (QED) is 0.535. The zero-order chi connectivity index (χ0) is 20.5. The minimum atomic E-state index is -0.561. The van der Waals surface area contributed by atoms with Gasteiger partial charge in [0.1, 0.15) is 0 Å². The fourth-order valence-electron chi connectivity index (χ4n) is 3.19. The maximum Gasteiger partial charge on any atom is 0.277 e. The normalized spacial score (nSPS) is 12.1. The Morgan fingerprint density at radius 3 is 2.62 bits per heavy atom. The number of nitrogens with zero attached hydrogens (tertiary/aromatic N) is 3. The van der Waals surface area contributed by atoms with E-state index in [0.717, 1.165) is 0 Å². The van der Waals surface area contributed by atoms with Gasteiger partial charge in [-0.25, -0.2) is 4.63 Å². The molecule has 0 fully saturated rings. The zero-order valence-corrected chi connectivity index (χ0v) is 16.1. The van der Waals surface area contributed by atoms with Crippen LogP contribution in [-0.2, 0) is 0 Å². The van der Waals surface area contributed by atoms with Crippen LogP contribution >= 0.6 is 11.6 Å². The number of nitrogens with two attached hydrogens (primary N) is 1. The van der Waals surface area contributed by atoms with Crippen LogP contribution in [0.1, 0.15) is 29.1 Å². The highest BCUT2D eigenvalue weighted by Crippen LogP contribution is 2.25. The standard InChI is InChI=1S/C20H16ClN5O3/c1-11(23-19(27)17-18(22)25-29-24-17)15-10-12-6-5-9-14(21)16(12)20(28)26(15)13-7-3-2-4-8-13/h2-11H,1H3,(H2,22,25)(H,23,27)/t11-/m0/s1. The first-order valence-corrected chi connectivity index (χ1v) is 9.13. The third-order valence-electron chi connectivity index (χ3n) is 4.56. The van der Waals surface area contributed by atoms with Gasteiger partial charge in [0.05, 0.1) is 16.5 Å². The van der Waals surface area contributed by atoms with Crippen molar-refractivity contribution < 1.29 is 9.42 Å². The van der Waals surface area contributed by atoms with Crippen molar-refractivity contribution in [3.8, 4) is 5.69 Å². The average molecular weight is 410 g/mol. The molecular weight excluding hydrogens is 394 g/mol. The monoisotopic (exact) mass is 409 g/mol. The zero-order valence-electron chi connectivity index (χ0n) is 15.3. The number of fused-ring (bicyclic) bond motifs is 1. The molecule has 0 saturated carbocycles. The second-order valence-corrected chi connectivity index (χ2v) is 6.85. The number of benzene rings is 2. The molecule has 1 amide bonds. The van der Waals surface area contributed by atoms with Crippen molar-refractivity contribution in [1.82, 2.24) is 20.2 Å². The second kappa shape index (κ2) is 7.40. The Morgan fingerprint density at radius 2 is 1.93 bits per heavy atom. The Hall–Kier alpha value is -3.65. The van der Waals surface area contributed by atoms with Gasteiger partial charge in [-0.2, -0.15) is 0 Å². The number of para-hydroxylation sites is 1. The van der Waals surface area contributed by atoms with Crippen LogP contribution in [0.5, 0.6) is 0 Å². The van der Waals surface area contributed by atoms with Gasteiger partial charge in [0, 0.05) is 11.4 Å². The van der Waals surface area contributed by atoms with E-state index in [1.54, 1.807) is 25.1 Å². The molecule has 0 bridgehead atoms. The smallest absolute Gasteiger partial charge is 0.277 e. The van der Waals surface area contributed by atoms with Crippen molar-refractivity contribution in [3.63, 3.8) is 0 Å². The number of anilines is 1. The number of hydrogen-bond donors (Lipinski definition) is 2. The highest BCUT2D eigenvalue weighted by atomic mass is 35.5. The number of pyridine rings is 1. The van der Waals surface area contributed by atoms with Gasteiger partial charge >= 0.3 is 0 Å². The van der Waals surface area contributed by atoms with E-state index >= 15 is 0 Å². The number of aromatic nitrogens is 3. The molecule has 0 spiro atoms. The molecule has 0 radical (unpaired) electrons. The SMILES string of the molecule is C[C@H](NC(=O)c1nonc1N)c1cc2cccc(Cl)c2c(=O)n1-c1ccccc1. The number of nitrogens with one attached hydrogen (secondary N) is 1. The first kappa shape index (κ1) is 18.7. The first-order chi connectivity index (χ1) is 14.0. The lowest BCUT2D eigenvalue weighted by Crippen LogP contribution is -2.32. The summed E-state index contributed by atoms with van der Waals surface area (Å²) in [6, 6.07) is 15.6. The van der Waals surface area contributed by atoms with Gasteiger partial charge < -0.3 is 11.1 Å². The van der Waals surface area contributed by atoms with Crippen LogP contribution in [0.15, 0.2) is 64.0 Å². The minimum Gasteiger partial charge on any atom is -0.379 e. The minimum absolute atomic E-state index is 0.111. The summed E-state index contributed by atoms with van der Waals surface area (Å²) in [5, 5.41) is 11.1. The number of nitrogen functional groups attached to an aromatic ring is 1. The highest BCUT2D eigenvalue weighted by Gasteiger charge is 2.22. The molecule has 0 aliphatic carbocycles. The molecule has 0 saturated heterocycles. The van der Waals surface area contributed by atoms with E-state index in [0.29, 0.717) is 27.2 Å². The second-order valence-electron chi connectivity index (χ2n) is 6.44. The van der Waals surface area contributed by atoms with Crippen LogP contribution in [0.2, 0.25) is 5.02 Å². The third-order valence-corrected chi connectivity index (χ3v) is 4.87. The summed E-state index contributed by atoms with van der Waals surface area (Å²) in [6.45, 7) is 1.76. The predicted molar refractivity (Wildman–Crippen MR) is 109 cm³/mol. The van der Waals surface area contributed by atoms with Crippen LogP contribution < -0.4 is 16.6 Å². The van der Waals surface area contributed by atoms with Crippen LogP contribution in [0, 0.1) is 0 Å². The van der Waals surface area contributed by atoms with E-state index in [4.69, 9.17) is 17.3 Å². The van der Waals surface area contributed by atoms with Crippen LogP contribution in [-0.4, -0.2) is 20.8 Å². The number of carbonyl (C=O) groups is 1. The Morgan fingerprint density at radius 1 is 1.17 bits per heavy atom. The van der Waals surface area contributed by atoms with E-state index in [9.17, 15) is 9.59 Å². The first-order valence-electron chi connectivity index (χ1n) is 8.76. The van der Waals surface area contributed by atoms with Crippen molar-refractivity contribution in [2.24, 2.45) is 0 Å². The topological polar surface area (TPSA) is 116 Å². The van der Waals surface area contributed by atoms with Gasteiger partial charge in [-0.05, 0) is 46.9 Å². The largest absolute Gasteiger partial charge is 0.379 e.